The number of fused-ring (bicyclic) bond motifs is 1. The van der Waals surface area contributed by atoms with E-state index in [0.717, 1.165) is 26.3 Å². The highest BCUT2D eigenvalue weighted by atomic mass is 79.9. The number of hydrogen-bond donors (Lipinski definition) is 0. The third-order valence-electron chi connectivity index (χ3n) is 3.79. The van der Waals surface area contributed by atoms with Crippen molar-refractivity contribution in [2.24, 2.45) is 0 Å². The van der Waals surface area contributed by atoms with Crippen LogP contribution in [0.15, 0.2) is 52.4 Å². The lowest BCUT2D eigenvalue weighted by atomic mass is 10.1. The normalized spacial score (nSPS) is 10.9. The molecule has 3 aromatic heterocycles. The third kappa shape index (κ3) is 2.33. The Labute approximate surface area is 151 Å². The van der Waals surface area contributed by atoms with Gasteiger partial charge in [0.25, 0.3) is 0 Å². The SMILES string of the molecule is Cc1ccc(-c2nn3c(-c4cccs4)c(C#N)cnc3c2Br)cc1. The summed E-state index contributed by atoms with van der Waals surface area (Å²) < 4.78 is 2.58. The van der Waals surface area contributed by atoms with Gasteiger partial charge in [0.1, 0.15) is 17.5 Å². The number of aryl methyl sites for hydroxylation is 1. The number of nitrogens with zero attached hydrogens (tertiary/aromatic N) is 4. The molecule has 0 radical (unpaired) electrons. The highest BCUT2D eigenvalue weighted by Gasteiger charge is 2.19. The summed E-state index contributed by atoms with van der Waals surface area (Å²) in [6, 6.07) is 14.4. The molecule has 0 saturated heterocycles. The first-order chi connectivity index (χ1) is 11.7. The van der Waals surface area contributed by atoms with Crippen molar-refractivity contribution in [1.82, 2.24) is 14.6 Å². The number of benzene rings is 1. The number of thiophene rings is 1. The summed E-state index contributed by atoms with van der Waals surface area (Å²) in [5.41, 5.74) is 5.01. The van der Waals surface area contributed by atoms with E-state index in [1.165, 1.54) is 5.56 Å². The molecule has 3 heterocycles. The van der Waals surface area contributed by atoms with E-state index in [4.69, 9.17) is 5.10 Å². The van der Waals surface area contributed by atoms with Crippen molar-refractivity contribution in [3.8, 4) is 27.9 Å². The van der Waals surface area contributed by atoms with Gasteiger partial charge in [0, 0.05) is 11.8 Å². The molecule has 0 aliphatic rings. The van der Waals surface area contributed by atoms with Gasteiger partial charge >= 0.3 is 0 Å². The lowest BCUT2D eigenvalue weighted by Gasteiger charge is -2.04. The molecule has 4 aromatic rings. The van der Waals surface area contributed by atoms with E-state index in [9.17, 15) is 5.26 Å². The standard InChI is InChI=1S/C18H11BrN4S/c1-11-4-6-12(7-5-11)16-15(19)18-21-10-13(9-20)17(23(18)22-16)14-3-2-8-24-14/h2-8,10H,1H3. The number of hydrogen-bond acceptors (Lipinski definition) is 4. The Kier molecular flexibility index (Phi) is 3.68. The first kappa shape index (κ1) is 15.1. The smallest absolute Gasteiger partial charge is 0.170 e. The molecule has 0 spiro atoms. The zero-order valence-electron chi connectivity index (χ0n) is 12.7. The lowest BCUT2D eigenvalue weighted by molar-refractivity contribution is 0.950. The van der Waals surface area contributed by atoms with E-state index < -0.39 is 0 Å². The van der Waals surface area contributed by atoms with Gasteiger partial charge in [-0.05, 0) is 34.3 Å². The third-order valence-corrected chi connectivity index (χ3v) is 5.39. The Morgan fingerprint density at radius 2 is 2.00 bits per heavy atom. The van der Waals surface area contributed by atoms with Crippen molar-refractivity contribution in [3.63, 3.8) is 0 Å². The molecule has 0 aliphatic carbocycles. The fourth-order valence-corrected chi connectivity index (χ4v) is 3.93. The van der Waals surface area contributed by atoms with Crippen LogP contribution in [-0.4, -0.2) is 14.6 Å². The second kappa shape index (κ2) is 5.86. The molecule has 4 nitrogen and oxygen atoms in total. The quantitative estimate of drug-likeness (QED) is 0.476. The maximum atomic E-state index is 9.46. The Morgan fingerprint density at radius 3 is 2.67 bits per heavy atom. The molecule has 0 unspecified atom stereocenters. The van der Waals surface area contributed by atoms with Crippen molar-refractivity contribution in [3.05, 3.63) is 63.6 Å². The molecular formula is C18H11BrN4S. The molecule has 0 N–H and O–H groups in total. The van der Waals surface area contributed by atoms with Crippen LogP contribution in [0.2, 0.25) is 0 Å². The fraction of sp³-hybridized carbons (Fsp3) is 0.0556. The molecule has 0 amide bonds. The predicted molar refractivity (Wildman–Crippen MR) is 98.9 cm³/mol. The van der Waals surface area contributed by atoms with Crippen LogP contribution in [0.25, 0.3) is 27.5 Å². The second-order valence-electron chi connectivity index (χ2n) is 5.37. The van der Waals surface area contributed by atoms with Crippen molar-refractivity contribution in [2.75, 3.05) is 0 Å². The van der Waals surface area contributed by atoms with Gasteiger partial charge in [-0.3, -0.25) is 0 Å². The van der Waals surface area contributed by atoms with Gasteiger partial charge in [-0.2, -0.15) is 10.4 Å². The summed E-state index contributed by atoms with van der Waals surface area (Å²) in [5.74, 6) is 0. The van der Waals surface area contributed by atoms with Gasteiger partial charge in [-0.15, -0.1) is 11.3 Å². The topological polar surface area (TPSA) is 54.0 Å². The minimum Gasteiger partial charge on any atom is -0.235 e. The predicted octanol–water partition coefficient (Wildman–Crippen LogP) is 5.07. The summed E-state index contributed by atoms with van der Waals surface area (Å²) in [4.78, 5) is 5.41. The average molecular weight is 395 g/mol. The van der Waals surface area contributed by atoms with E-state index in [0.29, 0.717) is 11.2 Å². The van der Waals surface area contributed by atoms with E-state index in [-0.39, 0.29) is 0 Å². The molecule has 1 aromatic carbocycles. The molecule has 116 valence electrons. The molecule has 0 bridgehead atoms. The molecule has 0 saturated carbocycles. The van der Waals surface area contributed by atoms with Crippen molar-refractivity contribution >= 4 is 32.9 Å². The van der Waals surface area contributed by atoms with Crippen LogP contribution in [0.1, 0.15) is 11.1 Å². The van der Waals surface area contributed by atoms with E-state index >= 15 is 0 Å². The van der Waals surface area contributed by atoms with Crippen LogP contribution in [0.4, 0.5) is 0 Å². The van der Waals surface area contributed by atoms with Gasteiger partial charge in [-0.25, -0.2) is 9.50 Å². The molecule has 0 aliphatic heterocycles. The van der Waals surface area contributed by atoms with Crippen LogP contribution in [0, 0.1) is 18.3 Å². The summed E-state index contributed by atoms with van der Waals surface area (Å²) in [5, 5.41) is 16.2. The summed E-state index contributed by atoms with van der Waals surface area (Å²) in [6.45, 7) is 2.05. The highest BCUT2D eigenvalue weighted by molar-refractivity contribution is 9.10. The molecule has 6 heteroatoms. The zero-order chi connectivity index (χ0) is 16.7. The summed E-state index contributed by atoms with van der Waals surface area (Å²) in [7, 11) is 0. The van der Waals surface area contributed by atoms with E-state index in [2.05, 4.69) is 46.0 Å². The van der Waals surface area contributed by atoms with Crippen LogP contribution >= 0.6 is 27.3 Å². The number of halogens is 1. The van der Waals surface area contributed by atoms with Gasteiger partial charge in [0.15, 0.2) is 5.65 Å². The Bertz CT molecular complexity index is 1070. The molecule has 4 rings (SSSR count). The summed E-state index contributed by atoms with van der Waals surface area (Å²) >= 11 is 5.20. The number of nitriles is 1. The molecule has 24 heavy (non-hydrogen) atoms. The first-order valence-corrected chi connectivity index (χ1v) is 8.94. The van der Waals surface area contributed by atoms with Gasteiger partial charge in [0.2, 0.25) is 0 Å². The van der Waals surface area contributed by atoms with Gasteiger partial charge in [-0.1, -0.05) is 35.9 Å². The van der Waals surface area contributed by atoms with Gasteiger partial charge in [0.05, 0.1) is 14.9 Å². The van der Waals surface area contributed by atoms with Crippen molar-refractivity contribution in [2.45, 2.75) is 6.92 Å². The summed E-state index contributed by atoms with van der Waals surface area (Å²) in [6.07, 6.45) is 1.61. The van der Waals surface area contributed by atoms with E-state index in [1.807, 2.05) is 29.6 Å². The Morgan fingerprint density at radius 1 is 1.21 bits per heavy atom. The maximum absolute atomic E-state index is 9.46. The van der Waals surface area contributed by atoms with Crippen LogP contribution in [-0.2, 0) is 0 Å². The fourth-order valence-electron chi connectivity index (χ4n) is 2.59. The van der Waals surface area contributed by atoms with E-state index in [1.54, 1.807) is 22.0 Å². The average Bonchev–Trinajstić information content (AvgIpc) is 3.23. The van der Waals surface area contributed by atoms with Crippen LogP contribution < -0.4 is 0 Å². The minimum absolute atomic E-state index is 0.510. The minimum atomic E-state index is 0.510. The highest BCUT2D eigenvalue weighted by Crippen LogP contribution is 2.34. The van der Waals surface area contributed by atoms with Crippen molar-refractivity contribution in [1.29, 1.82) is 5.26 Å². The second-order valence-corrected chi connectivity index (χ2v) is 7.11. The first-order valence-electron chi connectivity index (χ1n) is 7.27. The lowest BCUT2D eigenvalue weighted by Crippen LogP contribution is -1.98. The largest absolute Gasteiger partial charge is 0.235 e. The zero-order valence-corrected chi connectivity index (χ0v) is 15.1. The monoisotopic (exact) mass is 394 g/mol. The van der Waals surface area contributed by atoms with Crippen molar-refractivity contribution < 1.29 is 0 Å². The van der Waals surface area contributed by atoms with Crippen LogP contribution in [0.5, 0.6) is 0 Å². The number of aromatic nitrogens is 3. The maximum Gasteiger partial charge on any atom is 0.170 e. The molecule has 0 atom stereocenters. The molecule has 0 fully saturated rings. The van der Waals surface area contributed by atoms with Gasteiger partial charge < -0.3 is 0 Å². The Balaban J connectivity index is 2.04. The Hall–Kier alpha value is -2.49. The molecular weight excluding hydrogens is 384 g/mol. The van der Waals surface area contributed by atoms with Crippen LogP contribution in [0.3, 0.4) is 0 Å². The number of rotatable bonds is 2.